The maximum absolute atomic E-state index is 13.9. The molecule has 4 nitrogen and oxygen atoms in total. The minimum absolute atomic E-state index is 0.213. The molecule has 0 saturated carbocycles. The average Bonchev–Trinajstić information content (AvgIpc) is 2.81. The molecule has 0 amide bonds. The Labute approximate surface area is 107 Å². The van der Waals surface area contributed by atoms with Gasteiger partial charge in [0, 0.05) is 19.1 Å². The lowest BCUT2D eigenvalue weighted by molar-refractivity contribution is 0.390. The summed E-state index contributed by atoms with van der Waals surface area (Å²) in [6, 6.07) is 4.20. The summed E-state index contributed by atoms with van der Waals surface area (Å²) in [4.78, 5) is -0.247. The van der Waals surface area contributed by atoms with E-state index < -0.39 is 15.8 Å². The molecular formula is C12H17FN2O2S. The lowest BCUT2D eigenvalue weighted by Crippen LogP contribution is -2.40. The Balaban J connectivity index is 2.45. The van der Waals surface area contributed by atoms with Gasteiger partial charge in [0.05, 0.1) is 0 Å². The maximum Gasteiger partial charge on any atom is 0.246 e. The molecule has 0 bridgehead atoms. The molecule has 1 aliphatic rings. The number of benzene rings is 1. The van der Waals surface area contributed by atoms with Crippen molar-refractivity contribution in [3.8, 4) is 0 Å². The van der Waals surface area contributed by atoms with E-state index in [1.807, 2.05) is 0 Å². The van der Waals surface area contributed by atoms with E-state index in [-0.39, 0.29) is 17.5 Å². The molecule has 0 spiro atoms. The number of aryl methyl sites for hydroxylation is 1. The number of nitrogens with two attached hydrogens (primary N) is 1. The minimum Gasteiger partial charge on any atom is -0.329 e. The van der Waals surface area contributed by atoms with Crippen LogP contribution in [0.25, 0.3) is 0 Å². The summed E-state index contributed by atoms with van der Waals surface area (Å²) in [6.45, 7) is 2.24. The van der Waals surface area contributed by atoms with Crippen LogP contribution in [0.1, 0.15) is 18.4 Å². The van der Waals surface area contributed by atoms with Gasteiger partial charge in [-0.05, 0) is 31.4 Å². The van der Waals surface area contributed by atoms with Crippen molar-refractivity contribution in [1.82, 2.24) is 4.31 Å². The summed E-state index contributed by atoms with van der Waals surface area (Å²) in [7, 11) is -3.77. The van der Waals surface area contributed by atoms with Crippen molar-refractivity contribution in [3.63, 3.8) is 0 Å². The van der Waals surface area contributed by atoms with Crippen LogP contribution in [0, 0.1) is 12.7 Å². The summed E-state index contributed by atoms with van der Waals surface area (Å²) in [5.74, 6) is -0.667. The van der Waals surface area contributed by atoms with Crippen molar-refractivity contribution in [1.29, 1.82) is 0 Å². The molecule has 1 fully saturated rings. The molecule has 1 atom stereocenters. The van der Waals surface area contributed by atoms with E-state index in [1.165, 1.54) is 10.4 Å². The molecule has 6 heteroatoms. The van der Waals surface area contributed by atoms with E-state index in [0.29, 0.717) is 12.1 Å². The van der Waals surface area contributed by atoms with E-state index in [1.54, 1.807) is 19.1 Å². The van der Waals surface area contributed by atoms with Crippen LogP contribution in [0.5, 0.6) is 0 Å². The standard InChI is InChI=1S/C12H17FN2O2S/c1-9-4-2-6-11(12(9)13)18(16,17)15-7-3-5-10(15)8-14/h2,4,6,10H,3,5,7-8,14H2,1H3. The highest BCUT2D eigenvalue weighted by Gasteiger charge is 2.36. The van der Waals surface area contributed by atoms with Gasteiger partial charge in [-0.2, -0.15) is 4.31 Å². The van der Waals surface area contributed by atoms with Gasteiger partial charge in [-0.15, -0.1) is 0 Å². The number of sulfonamides is 1. The normalized spacial score (nSPS) is 21.4. The molecule has 100 valence electrons. The quantitative estimate of drug-likeness (QED) is 0.900. The molecule has 0 aromatic heterocycles. The van der Waals surface area contributed by atoms with Crippen LogP contribution in [0.4, 0.5) is 4.39 Å². The Morgan fingerprint density at radius 2 is 2.22 bits per heavy atom. The summed E-state index contributed by atoms with van der Waals surface area (Å²) in [6.07, 6.45) is 1.51. The van der Waals surface area contributed by atoms with Crippen molar-refractivity contribution in [3.05, 3.63) is 29.6 Å². The lowest BCUT2D eigenvalue weighted by atomic mass is 10.2. The second-order valence-electron chi connectivity index (χ2n) is 4.53. The molecule has 1 heterocycles. The Bertz CT molecular complexity index is 545. The Morgan fingerprint density at radius 3 is 2.89 bits per heavy atom. The number of hydrogen-bond acceptors (Lipinski definition) is 3. The van der Waals surface area contributed by atoms with Crippen LogP contribution in [0.2, 0.25) is 0 Å². The smallest absolute Gasteiger partial charge is 0.246 e. The van der Waals surface area contributed by atoms with Crippen molar-refractivity contribution >= 4 is 10.0 Å². The molecule has 0 radical (unpaired) electrons. The third-order valence-electron chi connectivity index (χ3n) is 3.34. The topological polar surface area (TPSA) is 63.4 Å². The van der Waals surface area contributed by atoms with Gasteiger partial charge in [-0.3, -0.25) is 0 Å². The van der Waals surface area contributed by atoms with Gasteiger partial charge in [0.25, 0.3) is 0 Å². The fourth-order valence-electron chi connectivity index (χ4n) is 2.31. The van der Waals surface area contributed by atoms with Gasteiger partial charge < -0.3 is 5.73 Å². The zero-order chi connectivity index (χ0) is 13.3. The highest BCUT2D eigenvalue weighted by atomic mass is 32.2. The molecule has 2 N–H and O–H groups in total. The van der Waals surface area contributed by atoms with Gasteiger partial charge in [0.15, 0.2) is 0 Å². The van der Waals surface area contributed by atoms with Crippen LogP contribution < -0.4 is 5.73 Å². The Hall–Kier alpha value is -0.980. The second-order valence-corrected chi connectivity index (χ2v) is 6.39. The fraction of sp³-hybridized carbons (Fsp3) is 0.500. The monoisotopic (exact) mass is 272 g/mol. The largest absolute Gasteiger partial charge is 0.329 e. The summed E-state index contributed by atoms with van der Waals surface area (Å²) < 4.78 is 40.1. The highest BCUT2D eigenvalue weighted by molar-refractivity contribution is 7.89. The molecule has 18 heavy (non-hydrogen) atoms. The molecule has 1 saturated heterocycles. The highest BCUT2D eigenvalue weighted by Crippen LogP contribution is 2.27. The molecule has 2 rings (SSSR count). The molecule has 1 aromatic carbocycles. The number of nitrogens with zero attached hydrogens (tertiary/aromatic N) is 1. The zero-order valence-electron chi connectivity index (χ0n) is 10.3. The first-order valence-corrected chi connectivity index (χ1v) is 7.39. The van der Waals surface area contributed by atoms with E-state index in [2.05, 4.69) is 0 Å². The first kappa shape index (κ1) is 13.5. The first-order valence-electron chi connectivity index (χ1n) is 5.95. The van der Waals surface area contributed by atoms with Crippen molar-refractivity contribution in [2.75, 3.05) is 13.1 Å². The first-order chi connectivity index (χ1) is 8.48. The van der Waals surface area contributed by atoms with Gasteiger partial charge in [-0.1, -0.05) is 12.1 Å². The number of hydrogen-bond donors (Lipinski definition) is 1. The van der Waals surface area contributed by atoms with E-state index in [0.717, 1.165) is 12.8 Å². The second kappa shape index (κ2) is 4.95. The Kier molecular flexibility index (Phi) is 3.70. The SMILES string of the molecule is Cc1cccc(S(=O)(=O)N2CCCC2CN)c1F. The summed E-state index contributed by atoms with van der Waals surface area (Å²) in [5.41, 5.74) is 5.90. The van der Waals surface area contributed by atoms with E-state index in [9.17, 15) is 12.8 Å². The van der Waals surface area contributed by atoms with Crippen molar-refractivity contribution < 1.29 is 12.8 Å². The van der Waals surface area contributed by atoms with Crippen LogP contribution >= 0.6 is 0 Å². The lowest BCUT2D eigenvalue weighted by Gasteiger charge is -2.23. The van der Waals surface area contributed by atoms with E-state index >= 15 is 0 Å². The number of rotatable bonds is 3. The molecule has 1 unspecified atom stereocenters. The summed E-state index contributed by atoms with van der Waals surface area (Å²) in [5, 5.41) is 0. The Morgan fingerprint density at radius 1 is 1.50 bits per heavy atom. The van der Waals surface area contributed by atoms with Crippen molar-refractivity contribution in [2.24, 2.45) is 5.73 Å². The zero-order valence-corrected chi connectivity index (χ0v) is 11.1. The van der Waals surface area contributed by atoms with Gasteiger partial charge >= 0.3 is 0 Å². The summed E-state index contributed by atoms with van der Waals surface area (Å²) >= 11 is 0. The predicted molar refractivity (Wildman–Crippen MR) is 67.1 cm³/mol. The van der Waals surface area contributed by atoms with Crippen LogP contribution in [-0.4, -0.2) is 31.9 Å². The molecule has 1 aromatic rings. The third-order valence-corrected chi connectivity index (χ3v) is 5.31. The molecule has 0 aliphatic carbocycles. The number of halogens is 1. The fourth-order valence-corrected chi connectivity index (χ4v) is 4.15. The van der Waals surface area contributed by atoms with Crippen molar-refractivity contribution in [2.45, 2.75) is 30.7 Å². The maximum atomic E-state index is 13.9. The van der Waals surface area contributed by atoms with Gasteiger partial charge in [0.2, 0.25) is 10.0 Å². The third kappa shape index (κ3) is 2.15. The van der Waals surface area contributed by atoms with Crippen LogP contribution in [0.3, 0.4) is 0 Å². The van der Waals surface area contributed by atoms with Crippen LogP contribution in [0.15, 0.2) is 23.1 Å². The van der Waals surface area contributed by atoms with Crippen LogP contribution in [-0.2, 0) is 10.0 Å². The predicted octanol–water partition coefficient (Wildman–Crippen LogP) is 1.25. The average molecular weight is 272 g/mol. The molecule has 1 aliphatic heterocycles. The van der Waals surface area contributed by atoms with Gasteiger partial charge in [0.1, 0.15) is 10.7 Å². The van der Waals surface area contributed by atoms with E-state index in [4.69, 9.17) is 5.73 Å². The molecular weight excluding hydrogens is 255 g/mol. The minimum atomic E-state index is -3.77. The van der Waals surface area contributed by atoms with Gasteiger partial charge in [-0.25, -0.2) is 12.8 Å².